The van der Waals surface area contributed by atoms with Gasteiger partial charge < -0.3 is 13.7 Å². The van der Waals surface area contributed by atoms with Gasteiger partial charge in [0.25, 0.3) is 5.56 Å². The van der Waals surface area contributed by atoms with Crippen molar-refractivity contribution >= 4 is 21.0 Å². The first-order valence-corrected chi connectivity index (χ1v) is 13.0. The molecule has 1 aliphatic heterocycles. The van der Waals surface area contributed by atoms with Gasteiger partial charge in [-0.2, -0.15) is 4.31 Å². The van der Waals surface area contributed by atoms with E-state index in [4.69, 9.17) is 9.15 Å². The molecule has 0 N–H and O–H groups in total. The van der Waals surface area contributed by atoms with Crippen molar-refractivity contribution in [3.05, 3.63) is 46.8 Å². The maximum Gasteiger partial charge on any atom is 0.261 e. The van der Waals surface area contributed by atoms with Crippen LogP contribution in [-0.2, 0) is 23.6 Å². The number of hydrogen-bond acceptors (Lipinski definition) is 7. The lowest BCUT2D eigenvalue weighted by Crippen LogP contribution is -2.52. The van der Waals surface area contributed by atoms with Crippen LogP contribution in [0.3, 0.4) is 0 Å². The van der Waals surface area contributed by atoms with E-state index in [-0.39, 0.29) is 17.7 Å². The molecule has 2 fully saturated rings. The van der Waals surface area contributed by atoms with Crippen LogP contribution in [0.5, 0.6) is 5.75 Å². The number of furan rings is 1. The van der Waals surface area contributed by atoms with Crippen LogP contribution < -0.4 is 10.3 Å². The van der Waals surface area contributed by atoms with Gasteiger partial charge in [-0.25, -0.2) is 8.42 Å². The minimum atomic E-state index is -3.21. The lowest BCUT2D eigenvalue weighted by molar-refractivity contribution is 0.115. The largest absolute Gasteiger partial charge is 0.488 e. The average molecular weight is 473 g/mol. The molecule has 0 unspecified atom stereocenters. The number of ether oxygens (including phenoxy) is 1. The summed E-state index contributed by atoms with van der Waals surface area (Å²) in [5, 5.41) is 0.515. The molecule has 0 aromatic carbocycles. The lowest BCUT2D eigenvalue weighted by atomic mass is 10.1. The maximum atomic E-state index is 12.9. The monoisotopic (exact) mass is 472 g/mol. The van der Waals surface area contributed by atoms with Gasteiger partial charge in [0.15, 0.2) is 0 Å². The Morgan fingerprint density at radius 2 is 2.03 bits per heavy atom. The molecular formula is C23H28N4O5S. The van der Waals surface area contributed by atoms with Crippen molar-refractivity contribution in [3.8, 4) is 16.9 Å². The Bertz CT molecular complexity index is 1360. The van der Waals surface area contributed by atoms with Crippen LogP contribution in [0.15, 0.2) is 39.9 Å². The SMILES string of the molecule is C[C@@H]1CN(S(C)(=O)=O)CCN1Cc1cc2c(=O)n(C)cc(-c3ccncc3OC3CC3)c2o1. The lowest BCUT2D eigenvalue weighted by Gasteiger charge is -2.38. The minimum Gasteiger partial charge on any atom is -0.488 e. The van der Waals surface area contributed by atoms with Gasteiger partial charge in [-0.1, -0.05) is 0 Å². The van der Waals surface area contributed by atoms with Gasteiger partial charge in [-0.15, -0.1) is 0 Å². The number of pyridine rings is 2. The fourth-order valence-corrected chi connectivity index (χ4v) is 5.23. The van der Waals surface area contributed by atoms with Gasteiger partial charge in [-0.05, 0) is 31.9 Å². The Balaban J connectivity index is 1.49. The summed E-state index contributed by atoms with van der Waals surface area (Å²) in [4.78, 5) is 19.3. The van der Waals surface area contributed by atoms with Gasteiger partial charge in [0, 0.05) is 56.2 Å². The summed E-state index contributed by atoms with van der Waals surface area (Å²) in [6, 6.07) is 3.72. The highest BCUT2D eigenvalue weighted by Gasteiger charge is 2.30. The van der Waals surface area contributed by atoms with E-state index in [2.05, 4.69) is 9.88 Å². The van der Waals surface area contributed by atoms with E-state index in [1.807, 2.05) is 13.0 Å². The number of fused-ring (bicyclic) bond motifs is 1. The zero-order chi connectivity index (χ0) is 23.3. The second-order valence-electron chi connectivity index (χ2n) is 9.04. The molecule has 5 rings (SSSR count). The number of aryl methyl sites for hydroxylation is 1. The number of aromatic nitrogens is 2. The first-order chi connectivity index (χ1) is 15.7. The first kappa shape index (κ1) is 22.1. The molecular weight excluding hydrogens is 444 g/mol. The van der Waals surface area contributed by atoms with Crippen LogP contribution in [0, 0.1) is 0 Å². The Hall–Kier alpha value is -2.69. The molecule has 10 heteroatoms. The molecule has 9 nitrogen and oxygen atoms in total. The summed E-state index contributed by atoms with van der Waals surface area (Å²) in [5.41, 5.74) is 2.03. The molecule has 3 aromatic rings. The predicted octanol–water partition coefficient (Wildman–Crippen LogP) is 2.20. The summed E-state index contributed by atoms with van der Waals surface area (Å²) < 4.78 is 39.2. The van der Waals surface area contributed by atoms with E-state index in [1.54, 1.807) is 36.3 Å². The van der Waals surface area contributed by atoms with Crippen molar-refractivity contribution in [2.75, 3.05) is 25.9 Å². The Kier molecular flexibility index (Phi) is 5.54. The minimum absolute atomic E-state index is 0.0303. The normalized spacial score (nSPS) is 20.4. The maximum absolute atomic E-state index is 12.9. The highest BCUT2D eigenvalue weighted by atomic mass is 32.2. The Morgan fingerprint density at radius 1 is 1.24 bits per heavy atom. The Labute approximate surface area is 192 Å². The molecule has 176 valence electrons. The predicted molar refractivity (Wildman–Crippen MR) is 125 cm³/mol. The number of piperazine rings is 1. The molecule has 0 spiro atoms. The third kappa shape index (κ3) is 4.42. The van der Waals surface area contributed by atoms with Crippen molar-refractivity contribution in [3.63, 3.8) is 0 Å². The van der Waals surface area contributed by atoms with Crippen LogP contribution in [-0.4, -0.2) is 65.2 Å². The summed E-state index contributed by atoms with van der Waals surface area (Å²) in [5.74, 6) is 1.36. The van der Waals surface area contributed by atoms with Crippen molar-refractivity contribution in [1.29, 1.82) is 0 Å². The molecule has 1 saturated carbocycles. The zero-order valence-corrected chi connectivity index (χ0v) is 19.8. The smallest absolute Gasteiger partial charge is 0.261 e. The standard InChI is InChI=1S/C23H28N4O5S/c1-15-12-27(33(3,29)30)9-8-26(15)13-17-10-19-22(32-17)20(14-25(2)23(19)28)18-6-7-24-11-21(18)31-16-4-5-16/h6-7,10-11,14-16H,4-5,8-9,12-13H2,1-3H3/t15-/m1/s1. The quantitative estimate of drug-likeness (QED) is 0.542. The molecule has 1 aliphatic carbocycles. The van der Waals surface area contributed by atoms with E-state index in [0.29, 0.717) is 48.7 Å². The highest BCUT2D eigenvalue weighted by Crippen LogP contribution is 2.37. The molecule has 2 aliphatic rings. The van der Waals surface area contributed by atoms with Crippen molar-refractivity contribution in [2.24, 2.45) is 7.05 Å². The second-order valence-corrected chi connectivity index (χ2v) is 11.0. The number of rotatable bonds is 6. The van der Waals surface area contributed by atoms with E-state index in [9.17, 15) is 13.2 Å². The van der Waals surface area contributed by atoms with Crippen LogP contribution in [0.1, 0.15) is 25.5 Å². The molecule has 1 atom stereocenters. The fourth-order valence-electron chi connectivity index (χ4n) is 4.33. The Morgan fingerprint density at radius 3 is 2.73 bits per heavy atom. The van der Waals surface area contributed by atoms with Gasteiger partial charge in [0.1, 0.15) is 17.1 Å². The summed E-state index contributed by atoms with van der Waals surface area (Å²) in [6.07, 6.45) is 8.72. The number of hydrogen-bond donors (Lipinski definition) is 0. The van der Waals surface area contributed by atoms with E-state index in [0.717, 1.165) is 24.0 Å². The third-order valence-electron chi connectivity index (χ3n) is 6.35. The molecule has 0 bridgehead atoms. The number of sulfonamides is 1. The molecule has 1 saturated heterocycles. The van der Waals surface area contributed by atoms with E-state index < -0.39 is 10.0 Å². The van der Waals surface area contributed by atoms with Gasteiger partial charge >= 0.3 is 0 Å². The summed E-state index contributed by atoms with van der Waals surface area (Å²) in [7, 11) is -1.48. The van der Waals surface area contributed by atoms with Crippen LogP contribution in [0.2, 0.25) is 0 Å². The van der Waals surface area contributed by atoms with Crippen molar-refractivity contribution < 1.29 is 17.6 Å². The zero-order valence-electron chi connectivity index (χ0n) is 19.0. The van der Waals surface area contributed by atoms with Gasteiger partial charge in [0.2, 0.25) is 10.0 Å². The van der Waals surface area contributed by atoms with Crippen molar-refractivity contribution in [1.82, 2.24) is 18.8 Å². The van der Waals surface area contributed by atoms with Gasteiger partial charge in [-0.3, -0.25) is 14.7 Å². The topological polar surface area (TPSA) is 97.9 Å². The molecule has 0 amide bonds. The van der Waals surface area contributed by atoms with E-state index in [1.165, 1.54) is 10.6 Å². The third-order valence-corrected chi connectivity index (χ3v) is 7.62. The second kappa shape index (κ2) is 8.27. The van der Waals surface area contributed by atoms with Crippen molar-refractivity contribution in [2.45, 2.75) is 38.5 Å². The molecule has 3 aromatic heterocycles. The van der Waals surface area contributed by atoms with Gasteiger partial charge in [0.05, 0.1) is 30.5 Å². The highest BCUT2D eigenvalue weighted by molar-refractivity contribution is 7.88. The molecule has 4 heterocycles. The number of nitrogens with zero attached hydrogens (tertiary/aromatic N) is 4. The van der Waals surface area contributed by atoms with Crippen LogP contribution in [0.25, 0.3) is 22.1 Å². The fraction of sp³-hybridized carbons (Fsp3) is 0.478. The molecule has 0 radical (unpaired) electrons. The first-order valence-electron chi connectivity index (χ1n) is 11.1. The summed E-state index contributed by atoms with van der Waals surface area (Å²) in [6.45, 7) is 3.97. The van der Waals surface area contributed by atoms with E-state index >= 15 is 0 Å². The summed E-state index contributed by atoms with van der Waals surface area (Å²) >= 11 is 0. The molecule has 33 heavy (non-hydrogen) atoms. The van der Waals surface area contributed by atoms with Crippen LogP contribution >= 0.6 is 0 Å². The average Bonchev–Trinajstić information content (AvgIpc) is 3.48. The van der Waals surface area contributed by atoms with Crippen LogP contribution in [0.4, 0.5) is 0 Å².